The van der Waals surface area contributed by atoms with Gasteiger partial charge < -0.3 is 5.32 Å². The minimum Gasteiger partial charge on any atom is -0.312 e. The molecule has 1 rings (SSSR count). The van der Waals surface area contributed by atoms with Crippen molar-refractivity contribution in [3.8, 4) is 0 Å². The van der Waals surface area contributed by atoms with Crippen LogP contribution in [0.2, 0.25) is 5.02 Å². The largest absolute Gasteiger partial charge is 0.312 e. The maximum atomic E-state index is 5.86. The first kappa shape index (κ1) is 14.3. The van der Waals surface area contributed by atoms with E-state index in [0.29, 0.717) is 0 Å². The van der Waals surface area contributed by atoms with Crippen LogP contribution in [0.4, 0.5) is 0 Å². The van der Waals surface area contributed by atoms with E-state index in [9.17, 15) is 0 Å². The molecule has 0 heterocycles. The average Bonchev–Trinajstić information content (AvgIpc) is 2.24. The van der Waals surface area contributed by atoms with Crippen molar-refractivity contribution < 1.29 is 0 Å². The third-order valence-corrected chi connectivity index (χ3v) is 2.80. The number of rotatable bonds is 4. The second-order valence-corrected chi connectivity index (χ2v) is 5.80. The van der Waals surface area contributed by atoms with Crippen LogP contribution in [0.5, 0.6) is 0 Å². The van der Waals surface area contributed by atoms with Gasteiger partial charge in [0.05, 0.1) is 0 Å². The number of nitrogens with one attached hydrogen (secondary N) is 1. The van der Waals surface area contributed by atoms with Crippen LogP contribution in [-0.4, -0.2) is 12.1 Å². The Labute approximate surface area is 110 Å². The Bertz CT molecular complexity index is 371. The predicted octanol–water partition coefficient (Wildman–Crippen LogP) is 4.52. The van der Waals surface area contributed by atoms with Crippen LogP contribution in [0.1, 0.15) is 39.7 Å². The topological polar surface area (TPSA) is 12.0 Å². The zero-order valence-corrected chi connectivity index (χ0v) is 11.9. The maximum Gasteiger partial charge on any atom is 0.0406 e. The van der Waals surface area contributed by atoms with Gasteiger partial charge in [0.1, 0.15) is 0 Å². The van der Waals surface area contributed by atoms with Crippen molar-refractivity contribution in [2.75, 3.05) is 6.54 Å². The summed E-state index contributed by atoms with van der Waals surface area (Å²) >= 11 is 5.86. The van der Waals surface area contributed by atoms with Crippen LogP contribution >= 0.6 is 11.6 Å². The second kappa shape index (κ2) is 6.23. The van der Waals surface area contributed by atoms with Gasteiger partial charge in [0.2, 0.25) is 0 Å². The molecule has 0 aliphatic heterocycles. The molecule has 0 spiro atoms. The number of benzene rings is 1. The van der Waals surface area contributed by atoms with Gasteiger partial charge in [0, 0.05) is 10.6 Å². The number of halogens is 1. The summed E-state index contributed by atoms with van der Waals surface area (Å²) in [7, 11) is 0. The standard InChI is InChI=1S/C15H22ClN/c1-12(6-5-11-17-15(2,3)4)13-7-9-14(16)10-8-13/h6-10,17H,5,11H2,1-4H3. The van der Waals surface area contributed by atoms with Gasteiger partial charge in [-0.1, -0.05) is 29.8 Å². The van der Waals surface area contributed by atoms with E-state index >= 15 is 0 Å². The van der Waals surface area contributed by atoms with Gasteiger partial charge in [-0.15, -0.1) is 0 Å². The van der Waals surface area contributed by atoms with Crippen molar-refractivity contribution in [1.82, 2.24) is 5.32 Å². The summed E-state index contributed by atoms with van der Waals surface area (Å²) in [5.41, 5.74) is 2.74. The monoisotopic (exact) mass is 251 g/mol. The van der Waals surface area contributed by atoms with Crippen LogP contribution in [0.3, 0.4) is 0 Å². The quantitative estimate of drug-likeness (QED) is 0.776. The summed E-state index contributed by atoms with van der Waals surface area (Å²) in [6, 6.07) is 7.99. The van der Waals surface area contributed by atoms with Gasteiger partial charge in [0.25, 0.3) is 0 Å². The molecule has 0 aliphatic carbocycles. The molecule has 0 atom stereocenters. The zero-order valence-electron chi connectivity index (χ0n) is 11.2. The lowest BCUT2D eigenvalue weighted by molar-refractivity contribution is 0.431. The lowest BCUT2D eigenvalue weighted by atomic mass is 10.1. The molecule has 0 radical (unpaired) electrons. The summed E-state index contributed by atoms with van der Waals surface area (Å²) in [6.07, 6.45) is 3.31. The minimum atomic E-state index is 0.196. The fourth-order valence-electron chi connectivity index (χ4n) is 1.57. The van der Waals surface area contributed by atoms with Crippen LogP contribution in [-0.2, 0) is 0 Å². The molecule has 94 valence electrons. The van der Waals surface area contributed by atoms with E-state index < -0.39 is 0 Å². The molecule has 0 aromatic heterocycles. The van der Waals surface area contributed by atoms with E-state index in [2.05, 4.69) is 51.2 Å². The first-order valence-electron chi connectivity index (χ1n) is 6.06. The first-order chi connectivity index (χ1) is 7.88. The fraction of sp³-hybridized carbons (Fsp3) is 0.467. The molecule has 0 amide bonds. The van der Waals surface area contributed by atoms with Gasteiger partial charge in [-0.25, -0.2) is 0 Å². The third kappa shape index (κ3) is 5.90. The van der Waals surface area contributed by atoms with E-state index in [1.165, 1.54) is 11.1 Å². The average molecular weight is 252 g/mol. The van der Waals surface area contributed by atoms with Crippen LogP contribution in [0.15, 0.2) is 30.3 Å². The molecule has 1 aromatic rings. The highest BCUT2D eigenvalue weighted by molar-refractivity contribution is 6.30. The Kier molecular flexibility index (Phi) is 5.23. The summed E-state index contributed by atoms with van der Waals surface area (Å²) in [5, 5.41) is 4.26. The lowest BCUT2D eigenvalue weighted by Gasteiger charge is -2.19. The minimum absolute atomic E-state index is 0.196. The van der Waals surface area contributed by atoms with Crippen molar-refractivity contribution in [3.05, 3.63) is 40.9 Å². The molecule has 0 aliphatic rings. The third-order valence-electron chi connectivity index (χ3n) is 2.55. The molecule has 2 heteroatoms. The molecule has 0 unspecified atom stereocenters. The van der Waals surface area contributed by atoms with Crippen LogP contribution in [0, 0.1) is 0 Å². The Balaban J connectivity index is 2.47. The number of allylic oxidation sites excluding steroid dienone is 1. The molecular weight excluding hydrogens is 230 g/mol. The van der Waals surface area contributed by atoms with E-state index in [4.69, 9.17) is 11.6 Å². The molecule has 0 saturated heterocycles. The van der Waals surface area contributed by atoms with Gasteiger partial charge in [0.15, 0.2) is 0 Å². The fourth-order valence-corrected chi connectivity index (χ4v) is 1.69. The Hall–Kier alpha value is -0.790. The Morgan fingerprint density at radius 3 is 2.35 bits per heavy atom. The lowest BCUT2D eigenvalue weighted by Crippen LogP contribution is -2.36. The molecule has 1 N–H and O–H groups in total. The summed E-state index contributed by atoms with van der Waals surface area (Å²) < 4.78 is 0. The number of hydrogen-bond donors (Lipinski definition) is 1. The highest BCUT2D eigenvalue weighted by Crippen LogP contribution is 2.17. The highest BCUT2D eigenvalue weighted by atomic mass is 35.5. The summed E-state index contributed by atoms with van der Waals surface area (Å²) in [6.45, 7) is 9.70. The van der Waals surface area contributed by atoms with Crippen molar-refractivity contribution in [1.29, 1.82) is 0 Å². The molecule has 1 aromatic carbocycles. The van der Waals surface area contributed by atoms with Crippen molar-refractivity contribution in [2.45, 2.75) is 39.7 Å². The molecule has 0 saturated carbocycles. The zero-order chi connectivity index (χ0) is 12.9. The molecule has 17 heavy (non-hydrogen) atoms. The van der Waals surface area contributed by atoms with Gasteiger partial charge >= 0.3 is 0 Å². The second-order valence-electron chi connectivity index (χ2n) is 5.36. The van der Waals surface area contributed by atoms with Gasteiger partial charge in [-0.05, 0) is 63.9 Å². The van der Waals surface area contributed by atoms with Crippen molar-refractivity contribution >= 4 is 17.2 Å². The molecule has 0 fully saturated rings. The molecule has 0 bridgehead atoms. The van der Waals surface area contributed by atoms with Crippen LogP contribution < -0.4 is 5.32 Å². The van der Waals surface area contributed by atoms with Crippen molar-refractivity contribution in [2.24, 2.45) is 0 Å². The predicted molar refractivity (Wildman–Crippen MR) is 77.5 cm³/mol. The van der Waals surface area contributed by atoms with Gasteiger partial charge in [-0.2, -0.15) is 0 Å². The molecule has 1 nitrogen and oxygen atoms in total. The van der Waals surface area contributed by atoms with Gasteiger partial charge in [-0.3, -0.25) is 0 Å². The smallest absolute Gasteiger partial charge is 0.0406 e. The maximum absolute atomic E-state index is 5.86. The van der Waals surface area contributed by atoms with E-state index in [-0.39, 0.29) is 5.54 Å². The molecular formula is C15H22ClN. The highest BCUT2D eigenvalue weighted by Gasteiger charge is 2.06. The summed E-state index contributed by atoms with van der Waals surface area (Å²) in [5.74, 6) is 0. The SMILES string of the molecule is CC(=CCCNC(C)(C)C)c1ccc(Cl)cc1. The normalized spacial score (nSPS) is 12.9. The Morgan fingerprint density at radius 2 is 1.82 bits per heavy atom. The Morgan fingerprint density at radius 1 is 1.24 bits per heavy atom. The van der Waals surface area contributed by atoms with E-state index in [1.807, 2.05) is 12.1 Å². The van der Waals surface area contributed by atoms with Crippen LogP contribution in [0.25, 0.3) is 5.57 Å². The van der Waals surface area contributed by atoms with Crippen molar-refractivity contribution in [3.63, 3.8) is 0 Å². The number of hydrogen-bond acceptors (Lipinski definition) is 1. The van der Waals surface area contributed by atoms with E-state index in [0.717, 1.165) is 18.0 Å². The first-order valence-corrected chi connectivity index (χ1v) is 6.44. The summed E-state index contributed by atoms with van der Waals surface area (Å²) in [4.78, 5) is 0. The van der Waals surface area contributed by atoms with E-state index in [1.54, 1.807) is 0 Å².